The molecule has 2 aliphatic carbocycles. The normalized spacial score (nSPS) is 26.4. The van der Waals surface area contributed by atoms with Gasteiger partial charge in [0.15, 0.2) is 0 Å². The Bertz CT molecular complexity index is 137. The predicted octanol–water partition coefficient (Wildman–Crippen LogP) is 4.78. The lowest BCUT2D eigenvalue weighted by molar-refractivity contribution is 0.463. The molecule has 2 aliphatic rings. The molecule has 0 unspecified atom stereocenters. The third-order valence-electron chi connectivity index (χ3n) is 4.79. The van der Waals surface area contributed by atoms with E-state index in [1.165, 1.54) is 22.4 Å². The average molecular weight is 208 g/mol. The summed E-state index contributed by atoms with van der Waals surface area (Å²) in [6, 6.07) is 0. The van der Waals surface area contributed by atoms with Crippen LogP contribution in [0.4, 0.5) is 0 Å². The van der Waals surface area contributed by atoms with E-state index >= 15 is 0 Å². The van der Waals surface area contributed by atoms with Crippen LogP contribution in [0.25, 0.3) is 0 Å². The Kier molecular flexibility index (Phi) is 4.39. The van der Waals surface area contributed by atoms with Crippen LogP contribution in [0.15, 0.2) is 0 Å². The molecule has 0 spiro atoms. The topological polar surface area (TPSA) is 0 Å². The minimum Gasteiger partial charge on any atom is -0.105 e. The van der Waals surface area contributed by atoms with Gasteiger partial charge in [-0.2, -0.15) is 0 Å². The molecule has 0 aromatic carbocycles. The molecule has 0 N–H and O–H groups in total. The number of hydrogen-bond acceptors (Lipinski definition) is 0. The average Bonchev–Trinajstić information content (AvgIpc) is 2.30. The van der Waals surface area contributed by atoms with Gasteiger partial charge in [0.1, 0.15) is 0 Å². The lowest BCUT2D eigenvalue weighted by Crippen LogP contribution is -2.26. The molecule has 0 aromatic rings. The van der Waals surface area contributed by atoms with Crippen molar-refractivity contribution in [2.24, 2.45) is 0 Å². The highest BCUT2D eigenvalue weighted by Gasteiger charge is 2.32. The van der Waals surface area contributed by atoms with Gasteiger partial charge in [-0.1, -0.05) is 73.8 Å². The van der Waals surface area contributed by atoms with E-state index in [1.807, 2.05) is 0 Å². The zero-order chi connectivity index (χ0) is 9.80. The van der Waals surface area contributed by atoms with Gasteiger partial charge in [-0.15, -0.1) is 5.79 Å². The van der Waals surface area contributed by atoms with Gasteiger partial charge in [-0.05, 0) is 0 Å². The third-order valence-corrected chi connectivity index (χ3v) is 9.09. The highest BCUT2D eigenvalue weighted by atomic mass is 27.2. The fourth-order valence-corrected chi connectivity index (χ4v) is 7.52. The Hall–Kier alpha value is 0.532. The van der Waals surface area contributed by atoms with E-state index in [-0.39, 0.29) is 14.1 Å². The van der Waals surface area contributed by atoms with Crippen LogP contribution in [-0.4, -0.2) is 14.1 Å². The van der Waals surface area contributed by atoms with Crippen LogP contribution in [-0.2, 0) is 0 Å². The molecule has 0 nitrogen and oxygen atoms in total. The summed E-state index contributed by atoms with van der Waals surface area (Å²) in [5.74, 6) is 2.69. The molecular weight excluding hydrogens is 183 g/mol. The maximum Gasteiger partial charge on any atom is 0.265 e. The fourth-order valence-electron chi connectivity index (χ4n) is 3.70. The summed E-state index contributed by atoms with van der Waals surface area (Å²) < 4.78 is 2.46. The van der Waals surface area contributed by atoms with Crippen molar-refractivity contribution < 1.29 is 0 Å². The maximum atomic E-state index is 2.69. The molecule has 0 bridgehead atoms. The van der Waals surface area contributed by atoms with Gasteiger partial charge in [0.2, 0.25) is 0 Å². The van der Waals surface area contributed by atoms with Gasteiger partial charge in [0.05, 0.1) is 0 Å². The monoisotopic (exact) mass is 208 g/mol. The van der Waals surface area contributed by atoms with Crippen LogP contribution in [0, 0.1) is 0 Å². The minimum atomic E-state index is -0.365. The van der Waals surface area contributed by atoms with E-state index in [2.05, 4.69) is 5.79 Å². The number of hydrogen-bond donors (Lipinski definition) is 0. The molecular formula is C13H25Al. The SMILES string of the molecule is [CH3][Al]([CH]1CCCCC1)[CH]1CCCCC1. The van der Waals surface area contributed by atoms with E-state index < -0.39 is 0 Å². The second-order valence-corrected chi connectivity index (χ2v) is 9.26. The van der Waals surface area contributed by atoms with Crippen LogP contribution < -0.4 is 0 Å². The second kappa shape index (κ2) is 5.57. The second-order valence-electron chi connectivity index (χ2n) is 5.66. The van der Waals surface area contributed by atoms with Crippen molar-refractivity contribution in [3.05, 3.63) is 0 Å². The van der Waals surface area contributed by atoms with E-state index in [4.69, 9.17) is 0 Å². The first kappa shape index (κ1) is 11.0. The Morgan fingerprint density at radius 3 is 1.36 bits per heavy atom. The van der Waals surface area contributed by atoms with E-state index in [9.17, 15) is 0 Å². The third kappa shape index (κ3) is 2.77. The zero-order valence-corrected chi connectivity index (χ0v) is 11.0. The summed E-state index contributed by atoms with van der Waals surface area (Å²) in [4.78, 5) is 0. The molecule has 2 fully saturated rings. The van der Waals surface area contributed by atoms with Crippen molar-refractivity contribution in [1.29, 1.82) is 0 Å². The van der Waals surface area contributed by atoms with Gasteiger partial charge in [0, 0.05) is 0 Å². The van der Waals surface area contributed by atoms with Gasteiger partial charge in [-0.25, -0.2) is 0 Å². The van der Waals surface area contributed by atoms with Gasteiger partial charge in [0.25, 0.3) is 14.1 Å². The molecule has 0 aliphatic heterocycles. The molecule has 2 rings (SSSR count). The first-order valence-electron chi connectivity index (χ1n) is 6.88. The molecule has 0 saturated heterocycles. The van der Waals surface area contributed by atoms with Crippen molar-refractivity contribution in [3.63, 3.8) is 0 Å². The Morgan fingerprint density at radius 1 is 0.643 bits per heavy atom. The van der Waals surface area contributed by atoms with Crippen molar-refractivity contribution in [1.82, 2.24) is 0 Å². The van der Waals surface area contributed by atoms with Gasteiger partial charge < -0.3 is 0 Å². The summed E-state index contributed by atoms with van der Waals surface area (Å²) in [7, 11) is 0. The molecule has 0 radical (unpaired) electrons. The maximum absolute atomic E-state index is 2.69. The zero-order valence-electron chi connectivity index (χ0n) is 9.80. The molecule has 0 atom stereocenters. The van der Waals surface area contributed by atoms with Crippen LogP contribution in [0.2, 0.25) is 15.3 Å². The van der Waals surface area contributed by atoms with Crippen LogP contribution in [0.1, 0.15) is 64.2 Å². The first-order valence-corrected chi connectivity index (χ1v) is 9.37. The highest BCUT2D eigenvalue weighted by molar-refractivity contribution is 6.60. The van der Waals surface area contributed by atoms with E-state index in [0.717, 1.165) is 0 Å². The molecule has 0 amide bonds. The number of rotatable bonds is 2. The Balaban J connectivity index is 1.82. The molecule has 0 aromatic heterocycles. The first-order chi connectivity index (χ1) is 6.88. The molecule has 2 saturated carbocycles. The van der Waals surface area contributed by atoms with E-state index in [0.29, 0.717) is 0 Å². The summed E-state index contributed by atoms with van der Waals surface area (Å²) in [5.41, 5.74) is 0. The Morgan fingerprint density at radius 2 is 1.00 bits per heavy atom. The van der Waals surface area contributed by atoms with Crippen molar-refractivity contribution in [2.75, 3.05) is 0 Å². The molecule has 14 heavy (non-hydrogen) atoms. The quantitative estimate of drug-likeness (QED) is 0.573. The summed E-state index contributed by atoms with van der Waals surface area (Å²) in [6.07, 6.45) is 15.7. The van der Waals surface area contributed by atoms with Crippen LogP contribution >= 0.6 is 0 Å². The minimum absolute atomic E-state index is 0.365. The van der Waals surface area contributed by atoms with Crippen LogP contribution in [0.3, 0.4) is 0 Å². The summed E-state index contributed by atoms with van der Waals surface area (Å²) in [5, 5.41) is 0. The van der Waals surface area contributed by atoms with E-state index in [1.54, 1.807) is 51.4 Å². The summed E-state index contributed by atoms with van der Waals surface area (Å²) >= 11 is -0.365. The summed E-state index contributed by atoms with van der Waals surface area (Å²) in [6.45, 7) is 0. The largest absolute Gasteiger partial charge is 0.265 e. The molecule has 1 heteroatoms. The van der Waals surface area contributed by atoms with Crippen molar-refractivity contribution in [2.45, 2.75) is 79.6 Å². The lowest BCUT2D eigenvalue weighted by Gasteiger charge is -2.32. The van der Waals surface area contributed by atoms with Crippen LogP contribution in [0.5, 0.6) is 0 Å². The lowest BCUT2D eigenvalue weighted by atomic mass is 9.99. The molecule has 80 valence electrons. The Labute approximate surface area is 93.9 Å². The predicted molar refractivity (Wildman–Crippen MR) is 65.3 cm³/mol. The fraction of sp³-hybridized carbons (Fsp3) is 1.00. The molecule has 0 heterocycles. The van der Waals surface area contributed by atoms with Crippen molar-refractivity contribution in [3.8, 4) is 0 Å². The van der Waals surface area contributed by atoms with Gasteiger partial charge in [-0.3, -0.25) is 0 Å². The van der Waals surface area contributed by atoms with Crippen molar-refractivity contribution >= 4 is 14.1 Å². The smallest absolute Gasteiger partial charge is 0.105 e. The standard InChI is InChI=1S/2C6H11.CH3.Al/c2*1-2-4-6-5-3-1;;/h2*1H,2-6H2;1H3;. The van der Waals surface area contributed by atoms with Gasteiger partial charge >= 0.3 is 0 Å². The highest BCUT2D eigenvalue weighted by Crippen LogP contribution is 2.40.